The van der Waals surface area contributed by atoms with E-state index in [9.17, 15) is 10.2 Å². The molecular weight excluding hydrogens is 296 g/mol. The Morgan fingerprint density at radius 1 is 0.875 bits per heavy atom. The molecule has 0 radical (unpaired) electrons. The van der Waals surface area contributed by atoms with Crippen molar-refractivity contribution in [2.24, 2.45) is 40.4 Å². The SMILES string of the molecule is C[C@]12CC[C@H]3[C@@H](CCC4CC(O)CC[C@@]43C)[C@@H]1CC[C@H]2CCCO. The van der Waals surface area contributed by atoms with Gasteiger partial charge in [-0.2, -0.15) is 0 Å². The average molecular weight is 335 g/mol. The second kappa shape index (κ2) is 6.27. The van der Waals surface area contributed by atoms with Gasteiger partial charge in [-0.05, 0) is 111 Å². The van der Waals surface area contributed by atoms with Gasteiger partial charge >= 0.3 is 0 Å². The Morgan fingerprint density at radius 3 is 2.42 bits per heavy atom. The van der Waals surface area contributed by atoms with Gasteiger partial charge in [-0.15, -0.1) is 0 Å². The lowest BCUT2D eigenvalue weighted by atomic mass is 9.44. The Labute approximate surface area is 148 Å². The molecule has 138 valence electrons. The van der Waals surface area contributed by atoms with Crippen molar-refractivity contribution in [3.8, 4) is 0 Å². The largest absolute Gasteiger partial charge is 0.396 e. The van der Waals surface area contributed by atoms with Crippen LogP contribution in [0, 0.1) is 40.4 Å². The quantitative estimate of drug-likeness (QED) is 0.780. The molecule has 0 aromatic carbocycles. The Balaban J connectivity index is 1.54. The van der Waals surface area contributed by atoms with Crippen LogP contribution in [-0.2, 0) is 0 Å². The third-order valence-electron chi connectivity index (χ3n) is 9.55. The van der Waals surface area contributed by atoms with Crippen molar-refractivity contribution >= 4 is 0 Å². The van der Waals surface area contributed by atoms with Crippen LogP contribution in [0.15, 0.2) is 0 Å². The van der Waals surface area contributed by atoms with E-state index in [0.29, 0.717) is 17.4 Å². The van der Waals surface area contributed by atoms with E-state index >= 15 is 0 Å². The van der Waals surface area contributed by atoms with Crippen LogP contribution in [0.1, 0.15) is 84.5 Å². The molecule has 4 rings (SSSR count). The highest BCUT2D eigenvalue weighted by Crippen LogP contribution is 2.67. The van der Waals surface area contributed by atoms with Gasteiger partial charge in [0.2, 0.25) is 0 Å². The first-order valence-corrected chi connectivity index (χ1v) is 10.8. The van der Waals surface area contributed by atoms with E-state index in [4.69, 9.17) is 0 Å². The molecule has 0 heterocycles. The maximum absolute atomic E-state index is 10.1. The minimum absolute atomic E-state index is 0.0252. The van der Waals surface area contributed by atoms with Crippen LogP contribution in [0.25, 0.3) is 0 Å². The fourth-order valence-electron chi connectivity index (χ4n) is 8.16. The molecule has 2 unspecified atom stereocenters. The molecule has 2 N–H and O–H groups in total. The molecule has 0 amide bonds. The van der Waals surface area contributed by atoms with Gasteiger partial charge in [0.25, 0.3) is 0 Å². The monoisotopic (exact) mass is 334 g/mol. The van der Waals surface area contributed by atoms with Crippen LogP contribution in [0.2, 0.25) is 0 Å². The lowest BCUT2D eigenvalue weighted by Crippen LogP contribution is -2.53. The van der Waals surface area contributed by atoms with Crippen LogP contribution in [0.4, 0.5) is 0 Å². The van der Waals surface area contributed by atoms with Crippen molar-refractivity contribution in [1.82, 2.24) is 0 Å². The molecular formula is C22H38O2. The Kier molecular flexibility index (Phi) is 4.53. The van der Waals surface area contributed by atoms with Crippen LogP contribution >= 0.6 is 0 Å². The van der Waals surface area contributed by atoms with E-state index in [-0.39, 0.29) is 6.10 Å². The van der Waals surface area contributed by atoms with E-state index in [1.165, 1.54) is 51.4 Å². The molecule has 2 nitrogen and oxygen atoms in total. The number of hydrogen-bond donors (Lipinski definition) is 2. The molecule has 0 aromatic heterocycles. The molecule has 0 bridgehead atoms. The normalized spacial score (nSPS) is 54.0. The van der Waals surface area contributed by atoms with E-state index in [1.807, 2.05) is 0 Å². The third-order valence-corrected chi connectivity index (χ3v) is 9.55. The number of rotatable bonds is 3. The smallest absolute Gasteiger partial charge is 0.0543 e. The fourth-order valence-corrected chi connectivity index (χ4v) is 8.16. The van der Waals surface area contributed by atoms with E-state index in [2.05, 4.69) is 13.8 Å². The zero-order chi connectivity index (χ0) is 16.9. The van der Waals surface area contributed by atoms with Gasteiger partial charge in [0.1, 0.15) is 0 Å². The highest BCUT2D eigenvalue weighted by atomic mass is 16.3. The summed E-state index contributed by atoms with van der Waals surface area (Å²) < 4.78 is 0. The molecule has 0 spiro atoms. The molecule has 0 aliphatic heterocycles. The molecule has 4 saturated carbocycles. The van der Waals surface area contributed by atoms with Gasteiger partial charge in [-0.3, -0.25) is 0 Å². The summed E-state index contributed by atoms with van der Waals surface area (Å²) in [5.41, 5.74) is 1.06. The van der Waals surface area contributed by atoms with Crippen LogP contribution in [0.5, 0.6) is 0 Å². The summed E-state index contributed by atoms with van der Waals surface area (Å²) in [6.07, 6.45) is 14.1. The van der Waals surface area contributed by atoms with Gasteiger partial charge in [-0.25, -0.2) is 0 Å². The van der Waals surface area contributed by atoms with Crippen molar-refractivity contribution in [3.63, 3.8) is 0 Å². The average Bonchev–Trinajstić information content (AvgIpc) is 2.90. The topological polar surface area (TPSA) is 40.5 Å². The fraction of sp³-hybridized carbons (Fsp3) is 1.00. The van der Waals surface area contributed by atoms with Crippen LogP contribution in [-0.4, -0.2) is 22.9 Å². The highest BCUT2D eigenvalue weighted by molar-refractivity contribution is 5.09. The summed E-state index contributed by atoms with van der Waals surface area (Å²) in [6, 6.07) is 0. The van der Waals surface area contributed by atoms with Gasteiger partial charge in [0.15, 0.2) is 0 Å². The molecule has 8 atom stereocenters. The first kappa shape index (κ1) is 17.3. The number of fused-ring (bicyclic) bond motifs is 5. The van der Waals surface area contributed by atoms with E-state index < -0.39 is 0 Å². The molecule has 4 aliphatic carbocycles. The Morgan fingerprint density at radius 2 is 1.62 bits per heavy atom. The molecule has 4 fully saturated rings. The maximum atomic E-state index is 10.1. The van der Waals surface area contributed by atoms with Crippen molar-refractivity contribution in [2.45, 2.75) is 90.6 Å². The van der Waals surface area contributed by atoms with Crippen molar-refractivity contribution in [1.29, 1.82) is 0 Å². The van der Waals surface area contributed by atoms with E-state index in [1.54, 1.807) is 0 Å². The minimum Gasteiger partial charge on any atom is -0.396 e. The van der Waals surface area contributed by atoms with Crippen molar-refractivity contribution in [2.75, 3.05) is 6.61 Å². The molecule has 4 aliphatic rings. The van der Waals surface area contributed by atoms with Crippen molar-refractivity contribution < 1.29 is 10.2 Å². The number of hydrogen-bond acceptors (Lipinski definition) is 2. The lowest BCUT2D eigenvalue weighted by molar-refractivity contribution is -0.127. The Hall–Kier alpha value is -0.0800. The molecule has 24 heavy (non-hydrogen) atoms. The first-order chi connectivity index (χ1) is 11.5. The van der Waals surface area contributed by atoms with Gasteiger partial charge in [-0.1, -0.05) is 13.8 Å². The summed E-state index contributed by atoms with van der Waals surface area (Å²) in [7, 11) is 0. The predicted octanol–water partition coefficient (Wildman–Crippen LogP) is 4.78. The second-order valence-electron chi connectivity index (χ2n) is 10.3. The summed E-state index contributed by atoms with van der Waals surface area (Å²) in [6.45, 7) is 5.55. The van der Waals surface area contributed by atoms with Gasteiger partial charge in [0.05, 0.1) is 6.10 Å². The van der Waals surface area contributed by atoms with Gasteiger partial charge < -0.3 is 10.2 Å². The first-order valence-electron chi connectivity index (χ1n) is 10.8. The highest BCUT2D eigenvalue weighted by Gasteiger charge is 2.59. The number of aliphatic hydroxyl groups is 2. The number of aliphatic hydroxyl groups excluding tert-OH is 2. The lowest BCUT2D eigenvalue weighted by Gasteiger charge is -2.61. The van der Waals surface area contributed by atoms with Crippen LogP contribution < -0.4 is 0 Å². The molecule has 2 heteroatoms. The maximum Gasteiger partial charge on any atom is 0.0543 e. The summed E-state index contributed by atoms with van der Waals surface area (Å²) in [5.74, 6) is 4.43. The van der Waals surface area contributed by atoms with Crippen LogP contribution in [0.3, 0.4) is 0 Å². The summed E-state index contributed by atoms with van der Waals surface area (Å²) >= 11 is 0. The summed E-state index contributed by atoms with van der Waals surface area (Å²) in [5, 5.41) is 19.4. The zero-order valence-corrected chi connectivity index (χ0v) is 15.8. The minimum atomic E-state index is -0.0252. The van der Waals surface area contributed by atoms with Gasteiger partial charge in [0, 0.05) is 6.61 Å². The zero-order valence-electron chi connectivity index (χ0n) is 15.8. The van der Waals surface area contributed by atoms with Crippen molar-refractivity contribution in [3.05, 3.63) is 0 Å². The molecule has 0 aromatic rings. The second-order valence-corrected chi connectivity index (χ2v) is 10.3. The predicted molar refractivity (Wildman–Crippen MR) is 97.5 cm³/mol. The standard InChI is InChI=1S/C22H38O2/c1-21-12-10-20-18(19(21)8-6-15(21)4-3-13-23)7-5-16-14-17(24)9-11-22(16,20)2/h15-20,23-24H,3-14H2,1-2H3/t15-,16?,17?,18+,19+,20+,21-,22+/m1/s1. The Bertz CT molecular complexity index is 463. The van der Waals surface area contributed by atoms with E-state index in [0.717, 1.165) is 48.9 Å². The molecule has 0 saturated heterocycles. The summed E-state index contributed by atoms with van der Waals surface area (Å²) in [4.78, 5) is 0. The third kappa shape index (κ3) is 2.50.